The second-order valence-electron chi connectivity index (χ2n) is 4.87. The molecule has 0 heterocycles. The van der Waals surface area contributed by atoms with E-state index in [9.17, 15) is 9.59 Å². The van der Waals surface area contributed by atoms with Gasteiger partial charge in [-0.25, -0.2) is 4.79 Å². The van der Waals surface area contributed by atoms with E-state index in [0.717, 1.165) is 16.8 Å². The Kier molecular flexibility index (Phi) is 4.92. The van der Waals surface area contributed by atoms with Crippen LogP contribution in [0.2, 0.25) is 0 Å². The van der Waals surface area contributed by atoms with Crippen molar-refractivity contribution in [3.63, 3.8) is 0 Å². The van der Waals surface area contributed by atoms with Crippen LogP contribution in [0.5, 0.6) is 0 Å². The van der Waals surface area contributed by atoms with Crippen LogP contribution in [0.3, 0.4) is 0 Å². The number of nitrogens with zero attached hydrogens (tertiary/aromatic N) is 1. The van der Waals surface area contributed by atoms with E-state index in [1.165, 1.54) is 4.90 Å². The molecular weight excluding hydrogens is 244 g/mol. The van der Waals surface area contributed by atoms with Gasteiger partial charge in [-0.05, 0) is 25.5 Å². The molecule has 0 aliphatic rings. The Balaban J connectivity index is 2.66. The van der Waals surface area contributed by atoms with Crippen LogP contribution in [0.4, 0.5) is 10.5 Å². The summed E-state index contributed by atoms with van der Waals surface area (Å²) in [7, 11) is 1.58. The number of hydrogen-bond acceptors (Lipinski definition) is 2. The number of anilines is 1. The smallest absolute Gasteiger partial charge is 0.321 e. The van der Waals surface area contributed by atoms with E-state index in [0.29, 0.717) is 0 Å². The van der Waals surface area contributed by atoms with E-state index >= 15 is 0 Å². The highest BCUT2D eigenvalue weighted by molar-refractivity contribution is 5.90. The van der Waals surface area contributed by atoms with Crippen molar-refractivity contribution < 1.29 is 14.7 Å². The van der Waals surface area contributed by atoms with E-state index in [-0.39, 0.29) is 12.6 Å². The highest BCUT2D eigenvalue weighted by Gasteiger charge is 2.17. The minimum absolute atomic E-state index is 0.173. The van der Waals surface area contributed by atoms with Crippen molar-refractivity contribution in [2.24, 2.45) is 5.92 Å². The number of carbonyl (C=O) groups is 2. The van der Waals surface area contributed by atoms with Crippen LogP contribution in [0.1, 0.15) is 18.1 Å². The lowest BCUT2D eigenvalue weighted by Crippen LogP contribution is -2.36. The van der Waals surface area contributed by atoms with Crippen LogP contribution < -0.4 is 5.32 Å². The lowest BCUT2D eigenvalue weighted by Gasteiger charge is -2.20. The van der Waals surface area contributed by atoms with Gasteiger partial charge in [-0.1, -0.05) is 24.6 Å². The number of hydrogen-bond donors (Lipinski definition) is 2. The fourth-order valence-corrected chi connectivity index (χ4v) is 1.74. The number of carboxylic acid groups (broad SMARTS) is 1. The normalized spacial score (nSPS) is 11.8. The number of rotatable bonds is 4. The summed E-state index contributed by atoms with van der Waals surface area (Å²) in [6.45, 7) is 5.65. The second kappa shape index (κ2) is 6.22. The summed E-state index contributed by atoms with van der Waals surface area (Å²) in [4.78, 5) is 24.1. The van der Waals surface area contributed by atoms with E-state index in [2.05, 4.69) is 5.32 Å². The van der Waals surface area contributed by atoms with Crippen LogP contribution in [-0.2, 0) is 4.79 Å². The standard InChI is InChI=1S/C14H20N2O3/c1-9-5-6-12(10(2)7-9)15-14(19)16(4)8-11(3)13(17)18/h5-7,11H,8H2,1-4H3,(H,15,19)(H,17,18). The Bertz CT molecular complexity index is 486. The molecule has 19 heavy (non-hydrogen) atoms. The van der Waals surface area contributed by atoms with Crippen molar-refractivity contribution in [1.29, 1.82) is 0 Å². The highest BCUT2D eigenvalue weighted by atomic mass is 16.4. The molecule has 0 fully saturated rings. The largest absolute Gasteiger partial charge is 0.481 e. The van der Waals surface area contributed by atoms with Gasteiger partial charge in [0.15, 0.2) is 0 Å². The monoisotopic (exact) mass is 264 g/mol. The van der Waals surface area contributed by atoms with Crippen molar-refractivity contribution in [3.05, 3.63) is 29.3 Å². The molecule has 1 unspecified atom stereocenters. The van der Waals surface area contributed by atoms with Crippen molar-refractivity contribution in [2.45, 2.75) is 20.8 Å². The van der Waals surface area contributed by atoms with E-state index in [1.54, 1.807) is 14.0 Å². The molecule has 5 nitrogen and oxygen atoms in total. The minimum Gasteiger partial charge on any atom is -0.481 e. The fraction of sp³-hybridized carbons (Fsp3) is 0.429. The van der Waals surface area contributed by atoms with Crippen LogP contribution in [-0.4, -0.2) is 35.6 Å². The second-order valence-corrected chi connectivity index (χ2v) is 4.87. The molecule has 0 aliphatic carbocycles. The zero-order valence-electron chi connectivity index (χ0n) is 11.7. The Labute approximate surface area is 113 Å². The van der Waals surface area contributed by atoms with Gasteiger partial charge < -0.3 is 15.3 Å². The SMILES string of the molecule is Cc1ccc(NC(=O)N(C)CC(C)C(=O)O)c(C)c1. The number of aryl methyl sites for hydroxylation is 2. The van der Waals surface area contributed by atoms with Crippen LogP contribution in [0.15, 0.2) is 18.2 Å². The van der Waals surface area contributed by atoms with Crippen LogP contribution in [0, 0.1) is 19.8 Å². The predicted octanol–water partition coefficient (Wildman–Crippen LogP) is 2.49. The predicted molar refractivity (Wildman–Crippen MR) is 74.4 cm³/mol. The molecule has 1 aromatic carbocycles. The highest BCUT2D eigenvalue weighted by Crippen LogP contribution is 2.16. The number of carbonyl (C=O) groups excluding carboxylic acids is 1. The van der Waals surface area contributed by atoms with Crippen LogP contribution in [0.25, 0.3) is 0 Å². The number of nitrogens with one attached hydrogen (secondary N) is 1. The summed E-state index contributed by atoms with van der Waals surface area (Å²) < 4.78 is 0. The van der Waals surface area contributed by atoms with Gasteiger partial charge in [0.25, 0.3) is 0 Å². The third kappa shape index (κ3) is 4.28. The summed E-state index contributed by atoms with van der Waals surface area (Å²) in [5.41, 5.74) is 2.85. The summed E-state index contributed by atoms with van der Waals surface area (Å²) >= 11 is 0. The van der Waals surface area contributed by atoms with Crippen molar-refractivity contribution in [2.75, 3.05) is 18.9 Å². The Morgan fingerprint density at radius 2 is 2.00 bits per heavy atom. The van der Waals surface area contributed by atoms with Gasteiger partial charge in [0.05, 0.1) is 5.92 Å². The topological polar surface area (TPSA) is 69.6 Å². The molecule has 0 aliphatic heterocycles. The van der Waals surface area contributed by atoms with Crippen molar-refractivity contribution in [1.82, 2.24) is 4.90 Å². The molecule has 104 valence electrons. The van der Waals surface area contributed by atoms with Crippen molar-refractivity contribution in [3.8, 4) is 0 Å². The molecule has 2 amide bonds. The number of urea groups is 1. The number of aliphatic carboxylic acids is 1. The molecule has 0 radical (unpaired) electrons. The van der Waals surface area contributed by atoms with Gasteiger partial charge in [0, 0.05) is 19.3 Å². The van der Waals surface area contributed by atoms with Gasteiger partial charge in [-0.15, -0.1) is 0 Å². The molecule has 1 atom stereocenters. The zero-order chi connectivity index (χ0) is 14.6. The molecule has 0 spiro atoms. The molecular formula is C14H20N2O3. The fourth-order valence-electron chi connectivity index (χ4n) is 1.74. The molecule has 0 saturated heterocycles. The minimum atomic E-state index is -0.911. The average Bonchev–Trinajstić information content (AvgIpc) is 2.32. The lowest BCUT2D eigenvalue weighted by molar-refractivity contribution is -0.141. The third-order valence-corrected chi connectivity index (χ3v) is 2.94. The summed E-state index contributed by atoms with van der Waals surface area (Å²) in [6.07, 6.45) is 0. The zero-order valence-corrected chi connectivity index (χ0v) is 11.7. The average molecular weight is 264 g/mol. The third-order valence-electron chi connectivity index (χ3n) is 2.94. The molecule has 1 aromatic rings. The van der Waals surface area contributed by atoms with Gasteiger partial charge in [0.1, 0.15) is 0 Å². The number of benzene rings is 1. The Morgan fingerprint density at radius 3 is 2.53 bits per heavy atom. The lowest BCUT2D eigenvalue weighted by atomic mass is 10.1. The Hall–Kier alpha value is -2.04. The van der Waals surface area contributed by atoms with E-state index in [4.69, 9.17) is 5.11 Å². The summed E-state index contributed by atoms with van der Waals surface area (Å²) in [5.74, 6) is -1.50. The maximum absolute atomic E-state index is 11.9. The van der Waals surface area contributed by atoms with Gasteiger partial charge in [0.2, 0.25) is 0 Å². The first-order valence-corrected chi connectivity index (χ1v) is 6.13. The van der Waals surface area contributed by atoms with Crippen LogP contribution >= 0.6 is 0 Å². The van der Waals surface area contributed by atoms with E-state index in [1.807, 2.05) is 32.0 Å². The van der Waals surface area contributed by atoms with Gasteiger partial charge in [-0.2, -0.15) is 0 Å². The maximum Gasteiger partial charge on any atom is 0.321 e. The number of amides is 2. The summed E-state index contributed by atoms with van der Waals surface area (Å²) in [6, 6.07) is 5.44. The van der Waals surface area contributed by atoms with Gasteiger partial charge in [-0.3, -0.25) is 4.79 Å². The molecule has 0 bridgehead atoms. The maximum atomic E-state index is 11.9. The molecule has 2 N–H and O–H groups in total. The molecule has 5 heteroatoms. The first kappa shape index (κ1) is 15.0. The van der Waals surface area contributed by atoms with Gasteiger partial charge >= 0.3 is 12.0 Å². The van der Waals surface area contributed by atoms with Crippen molar-refractivity contribution >= 4 is 17.7 Å². The van der Waals surface area contributed by atoms with E-state index < -0.39 is 11.9 Å². The number of carboxylic acids is 1. The first-order valence-electron chi connectivity index (χ1n) is 6.13. The summed E-state index contributed by atoms with van der Waals surface area (Å²) in [5, 5.41) is 11.6. The molecule has 0 saturated carbocycles. The first-order chi connectivity index (χ1) is 8.81. The quantitative estimate of drug-likeness (QED) is 0.877. The molecule has 1 rings (SSSR count). The Morgan fingerprint density at radius 1 is 1.37 bits per heavy atom. The molecule has 0 aromatic heterocycles.